The van der Waals surface area contributed by atoms with E-state index in [4.69, 9.17) is 21.1 Å². The number of anilines is 1. The Bertz CT molecular complexity index is 1670. The molecular weight excluding hydrogens is 584 g/mol. The van der Waals surface area contributed by atoms with Gasteiger partial charge < -0.3 is 24.3 Å². The molecule has 1 N–H and O–H groups in total. The van der Waals surface area contributed by atoms with Crippen LogP contribution >= 0.6 is 11.6 Å². The molecule has 44 heavy (non-hydrogen) atoms. The van der Waals surface area contributed by atoms with Gasteiger partial charge in [-0.15, -0.1) is 0 Å². The van der Waals surface area contributed by atoms with Gasteiger partial charge in [-0.05, 0) is 71.6 Å². The number of fused-ring (bicyclic) bond motifs is 1. The van der Waals surface area contributed by atoms with Gasteiger partial charge in [0, 0.05) is 31.4 Å². The number of imide groups is 1. The van der Waals surface area contributed by atoms with E-state index in [1.54, 1.807) is 18.0 Å². The molecule has 1 aromatic heterocycles. The smallest absolute Gasteiger partial charge is 0.410 e. The minimum absolute atomic E-state index is 0.0640. The number of hydrogen-bond acceptors (Lipinski definition) is 6. The molecule has 2 fully saturated rings. The highest BCUT2D eigenvalue weighted by molar-refractivity contribution is 6.36. The molecule has 1 atom stereocenters. The lowest BCUT2D eigenvalue weighted by atomic mass is 9.98. The summed E-state index contributed by atoms with van der Waals surface area (Å²) in [7, 11) is 1.55. The Kier molecular flexibility index (Phi) is 8.66. The molecule has 0 aliphatic carbocycles. The fourth-order valence-corrected chi connectivity index (χ4v) is 6.24. The number of halogens is 1. The molecule has 0 saturated carbocycles. The van der Waals surface area contributed by atoms with Crippen molar-refractivity contribution in [2.75, 3.05) is 31.6 Å². The summed E-state index contributed by atoms with van der Waals surface area (Å²) in [6.07, 6.45) is 2.88. The molecule has 2 aliphatic rings. The molecule has 0 radical (unpaired) electrons. The van der Waals surface area contributed by atoms with Crippen molar-refractivity contribution in [3.63, 3.8) is 0 Å². The quantitative estimate of drug-likeness (QED) is 0.317. The number of nitrogens with zero attached hydrogens (tertiary/aromatic N) is 3. The number of piperidine rings is 1. The number of aromatic amines is 1. The lowest BCUT2D eigenvalue weighted by Gasteiger charge is -2.36. The third kappa shape index (κ3) is 6.40. The maximum atomic E-state index is 13.6. The maximum absolute atomic E-state index is 13.6. The number of aromatic nitrogens is 1. The number of likely N-dealkylation sites (N-methyl/N-ethyl adjacent to an activating group) is 1. The van der Waals surface area contributed by atoms with E-state index in [1.807, 2.05) is 52.8 Å². The summed E-state index contributed by atoms with van der Waals surface area (Å²) in [5, 5.41) is 0.645. The van der Waals surface area contributed by atoms with Gasteiger partial charge in [-0.1, -0.05) is 40.9 Å². The Hall–Kier alpha value is -4.05. The summed E-state index contributed by atoms with van der Waals surface area (Å²) in [5.41, 5.74) is 2.63. The first-order valence-electron chi connectivity index (χ1n) is 14.9. The van der Waals surface area contributed by atoms with Crippen LogP contribution in [0.3, 0.4) is 0 Å². The van der Waals surface area contributed by atoms with E-state index in [0.29, 0.717) is 40.7 Å². The molecule has 3 aromatic rings. The minimum Gasteiger partial charge on any atom is -0.492 e. The molecule has 0 spiro atoms. The van der Waals surface area contributed by atoms with Crippen LogP contribution in [-0.2, 0) is 9.53 Å². The third-order valence-electron chi connectivity index (χ3n) is 7.88. The lowest BCUT2D eigenvalue weighted by molar-refractivity contribution is -0.116. The molecule has 5 rings (SSSR count). The number of hydrogen-bond donors (Lipinski definition) is 1. The Morgan fingerprint density at radius 2 is 1.75 bits per heavy atom. The van der Waals surface area contributed by atoms with Crippen LogP contribution in [0.5, 0.6) is 5.75 Å². The Balaban J connectivity index is 1.57. The summed E-state index contributed by atoms with van der Waals surface area (Å²) < 4.78 is 12.2. The number of carbonyl (C=O) groups excluding carboxylic acids is 3. The Morgan fingerprint density at radius 1 is 1.05 bits per heavy atom. The van der Waals surface area contributed by atoms with Crippen LogP contribution in [0.25, 0.3) is 22.0 Å². The first kappa shape index (κ1) is 31.4. The lowest BCUT2D eigenvalue weighted by Crippen LogP contribution is -2.46. The first-order valence-corrected chi connectivity index (χ1v) is 15.3. The SMILES string of the molecule is Cc1cc(C)cc(-c2c(OCCC3CCCCN3C(=O)OC(C)(C)C)c3cc(N4C(=O)CN(C)C4=O)c(Cl)cc3[nH]c2=O)c1. The fourth-order valence-electron chi connectivity index (χ4n) is 5.99. The number of H-pyrrole nitrogens is 1. The van der Waals surface area contributed by atoms with Crippen LogP contribution in [-0.4, -0.2) is 71.2 Å². The number of pyridine rings is 1. The zero-order valence-corrected chi connectivity index (χ0v) is 26.8. The van der Waals surface area contributed by atoms with Gasteiger partial charge >= 0.3 is 12.1 Å². The van der Waals surface area contributed by atoms with E-state index in [2.05, 4.69) is 4.98 Å². The number of rotatable bonds is 6. The van der Waals surface area contributed by atoms with Crippen LogP contribution in [0.15, 0.2) is 35.1 Å². The van der Waals surface area contributed by atoms with E-state index >= 15 is 0 Å². The molecule has 1 unspecified atom stereocenters. The summed E-state index contributed by atoms with van der Waals surface area (Å²) in [4.78, 5) is 59.3. The topological polar surface area (TPSA) is 112 Å². The second-order valence-electron chi connectivity index (χ2n) is 12.7. The van der Waals surface area contributed by atoms with Gasteiger partial charge in [0.25, 0.3) is 11.5 Å². The average Bonchev–Trinajstić information content (AvgIpc) is 3.17. The van der Waals surface area contributed by atoms with Crippen LogP contribution in [0, 0.1) is 13.8 Å². The van der Waals surface area contributed by atoms with Crippen molar-refractivity contribution in [3.8, 4) is 16.9 Å². The number of carbonyl (C=O) groups is 3. The van der Waals surface area contributed by atoms with Crippen LogP contribution in [0.1, 0.15) is 57.6 Å². The highest BCUT2D eigenvalue weighted by Crippen LogP contribution is 2.40. The van der Waals surface area contributed by atoms with Gasteiger partial charge in [-0.2, -0.15) is 0 Å². The summed E-state index contributed by atoms with van der Waals surface area (Å²) in [6, 6.07) is 8.44. The van der Waals surface area contributed by atoms with Crippen molar-refractivity contribution in [2.24, 2.45) is 0 Å². The van der Waals surface area contributed by atoms with Gasteiger partial charge in [0.2, 0.25) is 0 Å². The molecule has 2 aromatic carbocycles. The van der Waals surface area contributed by atoms with Gasteiger partial charge in [-0.25, -0.2) is 14.5 Å². The van der Waals surface area contributed by atoms with Crippen LogP contribution in [0.2, 0.25) is 5.02 Å². The molecule has 3 heterocycles. The third-order valence-corrected chi connectivity index (χ3v) is 8.18. The zero-order chi connectivity index (χ0) is 31.9. The van der Waals surface area contributed by atoms with E-state index in [-0.39, 0.29) is 41.6 Å². The minimum atomic E-state index is -0.605. The largest absolute Gasteiger partial charge is 0.492 e. The molecule has 11 heteroatoms. The Labute approximate surface area is 261 Å². The molecule has 234 valence electrons. The highest BCUT2D eigenvalue weighted by atomic mass is 35.5. The molecule has 0 bridgehead atoms. The molecule has 4 amide bonds. The second kappa shape index (κ2) is 12.1. The summed E-state index contributed by atoms with van der Waals surface area (Å²) in [5.74, 6) is -0.0848. The van der Waals surface area contributed by atoms with Crippen molar-refractivity contribution in [1.29, 1.82) is 0 Å². The number of likely N-dealkylation sites (tertiary alicyclic amines) is 1. The van der Waals surface area contributed by atoms with Gasteiger partial charge in [-0.3, -0.25) is 9.59 Å². The number of nitrogens with one attached hydrogen (secondary N) is 1. The average molecular weight is 623 g/mol. The second-order valence-corrected chi connectivity index (χ2v) is 13.1. The van der Waals surface area contributed by atoms with Gasteiger partial charge in [0.05, 0.1) is 28.4 Å². The van der Waals surface area contributed by atoms with Crippen molar-refractivity contribution in [2.45, 2.75) is 71.9 Å². The van der Waals surface area contributed by atoms with E-state index in [1.165, 1.54) is 11.0 Å². The number of benzene rings is 2. The molecule has 10 nitrogen and oxygen atoms in total. The predicted octanol–water partition coefficient (Wildman–Crippen LogP) is 6.42. The number of urea groups is 1. The van der Waals surface area contributed by atoms with Crippen LogP contribution in [0.4, 0.5) is 15.3 Å². The van der Waals surface area contributed by atoms with E-state index in [9.17, 15) is 19.2 Å². The summed E-state index contributed by atoms with van der Waals surface area (Å²) >= 11 is 6.59. The van der Waals surface area contributed by atoms with E-state index in [0.717, 1.165) is 35.3 Å². The standard InChI is InChI=1S/C33H39ClN4O6/c1-19-13-20(2)15-21(14-19)28-29(43-12-10-22-9-7-8-11-37(22)32(42)44-33(3,4)5)23-16-26(24(34)17-25(23)35-30(28)40)38-27(39)18-36(6)31(38)41/h13-17,22H,7-12,18H2,1-6H3,(H,35,40). The monoisotopic (exact) mass is 622 g/mol. The number of ether oxygens (including phenoxy) is 2. The van der Waals surface area contributed by atoms with Gasteiger partial charge in [0.1, 0.15) is 17.9 Å². The molecular formula is C33H39ClN4O6. The van der Waals surface area contributed by atoms with Crippen molar-refractivity contribution in [1.82, 2.24) is 14.8 Å². The number of amides is 4. The fraction of sp³-hybridized carbons (Fsp3) is 0.455. The van der Waals surface area contributed by atoms with E-state index < -0.39 is 17.5 Å². The zero-order valence-electron chi connectivity index (χ0n) is 26.1. The number of aryl methyl sites for hydroxylation is 2. The first-order chi connectivity index (χ1) is 20.7. The van der Waals surface area contributed by atoms with Gasteiger partial charge in [0.15, 0.2) is 0 Å². The van der Waals surface area contributed by atoms with Crippen molar-refractivity contribution < 1.29 is 23.9 Å². The summed E-state index contributed by atoms with van der Waals surface area (Å²) in [6.45, 7) is 10.2. The van der Waals surface area contributed by atoms with Crippen LogP contribution < -0.4 is 15.2 Å². The Morgan fingerprint density at radius 3 is 2.39 bits per heavy atom. The maximum Gasteiger partial charge on any atom is 0.410 e. The highest BCUT2D eigenvalue weighted by Gasteiger charge is 2.37. The predicted molar refractivity (Wildman–Crippen MR) is 171 cm³/mol. The molecule has 2 aliphatic heterocycles. The van der Waals surface area contributed by atoms with Crippen molar-refractivity contribution in [3.05, 3.63) is 56.8 Å². The normalized spacial score (nSPS) is 17.5. The van der Waals surface area contributed by atoms with Crippen molar-refractivity contribution >= 4 is 46.2 Å². The molecule has 2 saturated heterocycles.